The molecule has 0 aliphatic rings. The average Bonchev–Trinajstić information content (AvgIpc) is 2.22. The van der Waals surface area contributed by atoms with Crippen molar-refractivity contribution in [3.8, 4) is 0 Å². The first kappa shape index (κ1) is 14.6. The van der Waals surface area contributed by atoms with Crippen molar-refractivity contribution in [3.05, 3.63) is 12.7 Å². The molecule has 0 heterocycles. The Morgan fingerprint density at radius 3 is 2.80 bits per heavy atom. The highest BCUT2D eigenvalue weighted by atomic mass is 16.5. The Hall–Kier alpha value is -0.380. The van der Waals surface area contributed by atoms with Crippen molar-refractivity contribution in [2.24, 2.45) is 0 Å². The number of aliphatic hydroxyl groups excluding tert-OH is 1. The van der Waals surface area contributed by atoms with Crippen molar-refractivity contribution in [1.82, 2.24) is 5.32 Å². The van der Waals surface area contributed by atoms with Crippen LogP contribution < -0.4 is 5.32 Å². The minimum Gasteiger partial charge on any atom is -0.391 e. The number of aliphatic hydroxyl groups is 1. The SMILES string of the molecule is C=CCCCCCNCCC(O)COC. The summed E-state index contributed by atoms with van der Waals surface area (Å²) in [6.45, 7) is 6.03. The summed E-state index contributed by atoms with van der Waals surface area (Å²) in [5.41, 5.74) is 0. The number of nitrogens with one attached hydrogen (secondary N) is 1. The van der Waals surface area contributed by atoms with Gasteiger partial charge in [-0.15, -0.1) is 6.58 Å². The van der Waals surface area contributed by atoms with Gasteiger partial charge in [-0.05, 0) is 38.8 Å². The average molecular weight is 215 g/mol. The summed E-state index contributed by atoms with van der Waals surface area (Å²) in [6, 6.07) is 0. The lowest BCUT2D eigenvalue weighted by Crippen LogP contribution is -2.23. The van der Waals surface area contributed by atoms with Crippen molar-refractivity contribution in [3.63, 3.8) is 0 Å². The van der Waals surface area contributed by atoms with E-state index in [0.717, 1.165) is 25.9 Å². The minimum atomic E-state index is -0.330. The van der Waals surface area contributed by atoms with E-state index >= 15 is 0 Å². The molecule has 0 amide bonds. The molecule has 0 bridgehead atoms. The number of hydrogen-bond donors (Lipinski definition) is 2. The van der Waals surface area contributed by atoms with E-state index in [9.17, 15) is 5.11 Å². The molecule has 1 atom stereocenters. The Kier molecular flexibility index (Phi) is 11.4. The van der Waals surface area contributed by atoms with E-state index in [4.69, 9.17) is 4.74 Å². The Bertz CT molecular complexity index is 140. The molecule has 0 aliphatic carbocycles. The highest BCUT2D eigenvalue weighted by Gasteiger charge is 2.01. The number of methoxy groups -OCH3 is 1. The first-order chi connectivity index (χ1) is 7.31. The molecule has 2 N–H and O–H groups in total. The molecule has 0 aromatic heterocycles. The van der Waals surface area contributed by atoms with Crippen molar-refractivity contribution in [1.29, 1.82) is 0 Å². The van der Waals surface area contributed by atoms with E-state index in [2.05, 4.69) is 11.9 Å². The molecule has 0 rings (SSSR count). The Balaban J connectivity index is 3.01. The van der Waals surface area contributed by atoms with Gasteiger partial charge >= 0.3 is 0 Å². The summed E-state index contributed by atoms with van der Waals surface area (Å²) in [6.07, 6.45) is 7.20. The predicted octanol–water partition coefficient (Wildman–Crippen LogP) is 1.72. The molecular weight excluding hydrogens is 190 g/mol. The van der Waals surface area contributed by atoms with E-state index in [1.165, 1.54) is 19.3 Å². The lowest BCUT2D eigenvalue weighted by atomic mass is 10.2. The zero-order valence-electron chi connectivity index (χ0n) is 9.87. The zero-order valence-corrected chi connectivity index (χ0v) is 9.87. The van der Waals surface area contributed by atoms with Gasteiger partial charge in [0.2, 0.25) is 0 Å². The lowest BCUT2D eigenvalue weighted by molar-refractivity contribution is 0.0595. The van der Waals surface area contributed by atoms with E-state index < -0.39 is 0 Å². The minimum absolute atomic E-state index is 0.330. The number of unbranched alkanes of at least 4 members (excludes halogenated alkanes) is 3. The van der Waals surface area contributed by atoms with Crippen molar-refractivity contribution >= 4 is 0 Å². The van der Waals surface area contributed by atoms with Crippen LogP contribution in [0.5, 0.6) is 0 Å². The van der Waals surface area contributed by atoms with Gasteiger partial charge in [0.15, 0.2) is 0 Å². The number of rotatable bonds is 11. The molecule has 3 heteroatoms. The van der Waals surface area contributed by atoms with Gasteiger partial charge in [0.1, 0.15) is 0 Å². The Morgan fingerprint density at radius 2 is 2.13 bits per heavy atom. The molecule has 0 fully saturated rings. The van der Waals surface area contributed by atoms with Crippen LogP contribution in [0.25, 0.3) is 0 Å². The summed E-state index contributed by atoms with van der Waals surface area (Å²) < 4.78 is 4.84. The number of allylic oxidation sites excluding steroid dienone is 1. The lowest BCUT2D eigenvalue weighted by Gasteiger charge is -2.09. The van der Waals surface area contributed by atoms with Gasteiger partial charge in [-0.3, -0.25) is 0 Å². The molecule has 0 aromatic rings. The molecule has 0 aromatic carbocycles. The maximum Gasteiger partial charge on any atom is 0.0785 e. The number of ether oxygens (including phenoxy) is 1. The van der Waals surface area contributed by atoms with Gasteiger partial charge in [0, 0.05) is 7.11 Å². The summed E-state index contributed by atoms with van der Waals surface area (Å²) in [4.78, 5) is 0. The fourth-order valence-electron chi connectivity index (χ4n) is 1.38. The molecular formula is C12H25NO2. The van der Waals surface area contributed by atoms with E-state index in [1.54, 1.807) is 7.11 Å². The molecule has 90 valence electrons. The molecule has 0 radical (unpaired) electrons. The van der Waals surface area contributed by atoms with Crippen LogP contribution >= 0.6 is 0 Å². The highest BCUT2D eigenvalue weighted by Crippen LogP contribution is 1.98. The fraction of sp³-hybridized carbons (Fsp3) is 0.833. The maximum absolute atomic E-state index is 9.35. The maximum atomic E-state index is 9.35. The zero-order chi connectivity index (χ0) is 11.4. The predicted molar refractivity (Wildman–Crippen MR) is 64.0 cm³/mol. The van der Waals surface area contributed by atoms with Gasteiger partial charge in [-0.25, -0.2) is 0 Å². The third-order valence-electron chi connectivity index (χ3n) is 2.28. The summed E-state index contributed by atoms with van der Waals surface area (Å²) in [5, 5.41) is 12.7. The second-order valence-corrected chi connectivity index (χ2v) is 3.79. The second kappa shape index (κ2) is 11.7. The molecule has 3 nitrogen and oxygen atoms in total. The first-order valence-corrected chi connectivity index (χ1v) is 5.80. The topological polar surface area (TPSA) is 41.5 Å². The van der Waals surface area contributed by atoms with Crippen molar-refractivity contribution in [2.75, 3.05) is 26.8 Å². The van der Waals surface area contributed by atoms with Crippen LogP contribution in [0.4, 0.5) is 0 Å². The normalized spacial score (nSPS) is 12.7. The van der Waals surface area contributed by atoms with Gasteiger partial charge in [0.05, 0.1) is 12.7 Å². The van der Waals surface area contributed by atoms with Crippen LogP contribution in [-0.2, 0) is 4.74 Å². The Morgan fingerprint density at radius 1 is 1.33 bits per heavy atom. The summed E-state index contributed by atoms with van der Waals surface area (Å²) in [5.74, 6) is 0. The smallest absolute Gasteiger partial charge is 0.0785 e. The quantitative estimate of drug-likeness (QED) is 0.407. The van der Waals surface area contributed by atoms with E-state index in [1.807, 2.05) is 6.08 Å². The first-order valence-electron chi connectivity index (χ1n) is 5.80. The van der Waals surface area contributed by atoms with Crippen LogP contribution in [-0.4, -0.2) is 38.0 Å². The van der Waals surface area contributed by atoms with Crippen molar-refractivity contribution in [2.45, 2.75) is 38.2 Å². The van der Waals surface area contributed by atoms with Crippen LogP contribution in [0.1, 0.15) is 32.1 Å². The highest BCUT2D eigenvalue weighted by molar-refractivity contribution is 4.65. The van der Waals surface area contributed by atoms with Crippen LogP contribution in [0.15, 0.2) is 12.7 Å². The molecule has 0 saturated heterocycles. The third-order valence-corrected chi connectivity index (χ3v) is 2.28. The fourth-order valence-corrected chi connectivity index (χ4v) is 1.38. The third kappa shape index (κ3) is 11.5. The Labute approximate surface area is 93.5 Å². The summed E-state index contributed by atoms with van der Waals surface area (Å²) >= 11 is 0. The van der Waals surface area contributed by atoms with Gasteiger partial charge in [-0.1, -0.05) is 12.5 Å². The summed E-state index contributed by atoms with van der Waals surface area (Å²) in [7, 11) is 1.61. The second-order valence-electron chi connectivity index (χ2n) is 3.79. The van der Waals surface area contributed by atoms with Crippen LogP contribution in [0, 0.1) is 0 Å². The molecule has 0 aliphatic heterocycles. The molecule has 0 spiro atoms. The van der Waals surface area contributed by atoms with Crippen molar-refractivity contribution < 1.29 is 9.84 Å². The van der Waals surface area contributed by atoms with Gasteiger partial charge < -0.3 is 15.2 Å². The molecule has 15 heavy (non-hydrogen) atoms. The van der Waals surface area contributed by atoms with Crippen LogP contribution in [0.3, 0.4) is 0 Å². The molecule has 1 unspecified atom stereocenters. The van der Waals surface area contributed by atoms with E-state index in [-0.39, 0.29) is 6.10 Å². The molecule has 0 saturated carbocycles. The van der Waals surface area contributed by atoms with Gasteiger partial charge in [0.25, 0.3) is 0 Å². The van der Waals surface area contributed by atoms with Gasteiger partial charge in [-0.2, -0.15) is 0 Å². The van der Waals surface area contributed by atoms with E-state index in [0.29, 0.717) is 6.61 Å². The standard InChI is InChI=1S/C12H25NO2/c1-3-4-5-6-7-9-13-10-8-12(14)11-15-2/h3,12-14H,1,4-11H2,2H3. The monoisotopic (exact) mass is 215 g/mol. The largest absolute Gasteiger partial charge is 0.391 e. The van der Waals surface area contributed by atoms with Crippen LogP contribution in [0.2, 0.25) is 0 Å². The number of hydrogen-bond acceptors (Lipinski definition) is 3.